The number of fused-ring (bicyclic) bond motifs is 1. The lowest BCUT2D eigenvalue weighted by Gasteiger charge is -2.06. The molecular weight excluding hydrogens is 384 g/mol. The molecule has 144 valence electrons. The molecule has 0 radical (unpaired) electrons. The normalized spacial score (nSPS) is 11.0. The first kappa shape index (κ1) is 18.7. The van der Waals surface area contributed by atoms with Gasteiger partial charge in [0.05, 0.1) is 10.2 Å². The van der Waals surface area contributed by atoms with E-state index in [0.29, 0.717) is 12.3 Å². The molecule has 0 bridgehead atoms. The molecule has 0 aliphatic carbocycles. The first-order valence-corrected chi connectivity index (χ1v) is 9.86. The number of rotatable bonds is 6. The summed E-state index contributed by atoms with van der Waals surface area (Å²) in [5, 5.41) is 2.80. The van der Waals surface area contributed by atoms with Crippen molar-refractivity contribution in [3.63, 3.8) is 0 Å². The summed E-state index contributed by atoms with van der Waals surface area (Å²) < 4.78 is 6.57. The third-order valence-electron chi connectivity index (χ3n) is 4.24. The zero-order chi connectivity index (χ0) is 20.1. The molecule has 1 heterocycles. The second-order valence-corrected chi connectivity index (χ2v) is 7.41. The number of nitrogens with one attached hydrogen (secondary N) is 2. The van der Waals surface area contributed by atoms with Crippen LogP contribution in [-0.2, 0) is 11.4 Å². The molecule has 0 fully saturated rings. The van der Waals surface area contributed by atoms with Crippen LogP contribution >= 0.6 is 11.3 Å². The van der Waals surface area contributed by atoms with Crippen molar-refractivity contribution in [2.75, 3.05) is 5.32 Å². The average molecular weight is 402 g/mol. The molecule has 2 N–H and O–H groups in total. The largest absolute Gasteiger partial charge is 0.489 e. The van der Waals surface area contributed by atoms with Gasteiger partial charge in [0.2, 0.25) is 5.91 Å². The molecule has 5 nitrogen and oxygen atoms in total. The van der Waals surface area contributed by atoms with Crippen LogP contribution in [0.1, 0.15) is 11.1 Å². The van der Waals surface area contributed by atoms with E-state index in [4.69, 9.17) is 4.74 Å². The predicted octanol–water partition coefficient (Wildman–Crippen LogP) is 4.82. The maximum atomic E-state index is 12.2. The summed E-state index contributed by atoms with van der Waals surface area (Å²) in [6, 6.07) is 22.8. The molecule has 0 atom stereocenters. The van der Waals surface area contributed by atoms with Crippen LogP contribution in [0.5, 0.6) is 5.75 Å². The summed E-state index contributed by atoms with van der Waals surface area (Å²) in [7, 11) is 0. The van der Waals surface area contributed by atoms with Gasteiger partial charge in [-0.3, -0.25) is 9.59 Å². The van der Waals surface area contributed by atoms with Crippen LogP contribution < -0.4 is 14.9 Å². The van der Waals surface area contributed by atoms with Crippen LogP contribution in [0.15, 0.2) is 83.7 Å². The number of carbonyl (C=O) groups excluding carboxylic acids is 1. The summed E-state index contributed by atoms with van der Waals surface area (Å²) in [6.07, 6.45) is 3.22. The van der Waals surface area contributed by atoms with E-state index in [1.807, 2.05) is 54.6 Å². The molecule has 0 unspecified atom stereocenters. The number of aromatic amines is 1. The van der Waals surface area contributed by atoms with Gasteiger partial charge in [-0.25, -0.2) is 0 Å². The summed E-state index contributed by atoms with van der Waals surface area (Å²) in [6.45, 7) is 0.513. The minimum Gasteiger partial charge on any atom is -0.489 e. The van der Waals surface area contributed by atoms with Gasteiger partial charge in [0.1, 0.15) is 12.4 Å². The van der Waals surface area contributed by atoms with Gasteiger partial charge in [0.25, 0.3) is 0 Å². The van der Waals surface area contributed by atoms with Gasteiger partial charge >= 0.3 is 4.87 Å². The molecule has 4 rings (SSSR count). The van der Waals surface area contributed by atoms with Gasteiger partial charge in [0, 0.05) is 11.8 Å². The van der Waals surface area contributed by atoms with Gasteiger partial charge in [-0.15, -0.1) is 0 Å². The summed E-state index contributed by atoms with van der Waals surface area (Å²) in [5.41, 5.74) is 3.42. The number of benzene rings is 3. The minimum atomic E-state index is -0.239. The molecule has 0 aliphatic rings. The number of amides is 1. The first-order chi connectivity index (χ1) is 14.2. The lowest BCUT2D eigenvalue weighted by molar-refractivity contribution is -0.111. The molecule has 0 saturated carbocycles. The Bertz CT molecular complexity index is 1210. The van der Waals surface area contributed by atoms with Crippen LogP contribution in [0.4, 0.5) is 5.69 Å². The predicted molar refractivity (Wildman–Crippen MR) is 117 cm³/mol. The van der Waals surface area contributed by atoms with E-state index in [1.165, 1.54) is 6.08 Å². The highest BCUT2D eigenvalue weighted by molar-refractivity contribution is 7.16. The van der Waals surface area contributed by atoms with Crippen molar-refractivity contribution in [2.24, 2.45) is 0 Å². The van der Waals surface area contributed by atoms with Gasteiger partial charge in [-0.1, -0.05) is 53.8 Å². The van der Waals surface area contributed by atoms with Crippen molar-refractivity contribution >= 4 is 39.2 Å². The van der Waals surface area contributed by atoms with Gasteiger partial charge in [-0.05, 0) is 47.5 Å². The Kier molecular flexibility index (Phi) is 5.54. The molecule has 1 amide bonds. The number of thiazole rings is 1. The number of anilines is 1. The molecule has 4 aromatic rings. The lowest BCUT2D eigenvalue weighted by Crippen LogP contribution is -2.07. The Hall–Kier alpha value is -3.64. The van der Waals surface area contributed by atoms with E-state index in [-0.39, 0.29) is 10.8 Å². The van der Waals surface area contributed by atoms with E-state index >= 15 is 0 Å². The SMILES string of the molecule is O=C(/C=C\c1ccc(OCc2ccccc2)cc1)Nc1ccc2[nH]c(=O)sc2c1. The second-order valence-electron chi connectivity index (χ2n) is 6.39. The van der Waals surface area contributed by atoms with E-state index in [9.17, 15) is 9.59 Å². The molecule has 1 aromatic heterocycles. The maximum absolute atomic E-state index is 12.2. The minimum absolute atomic E-state index is 0.112. The van der Waals surface area contributed by atoms with Gasteiger partial charge in [-0.2, -0.15) is 0 Å². The quantitative estimate of drug-likeness (QED) is 0.454. The van der Waals surface area contributed by atoms with E-state index in [2.05, 4.69) is 10.3 Å². The van der Waals surface area contributed by atoms with Crippen LogP contribution in [0.3, 0.4) is 0 Å². The number of hydrogen-bond donors (Lipinski definition) is 2. The monoisotopic (exact) mass is 402 g/mol. The van der Waals surface area contributed by atoms with E-state index < -0.39 is 0 Å². The van der Waals surface area contributed by atoms with E-state index in [0.717, 1.165) is 38.4 Å². The van der Waals surface area contributed by atoms with E-state index in [1.54, 1.807) is 24.3 Å². The summed E-state index contributed by atoms with van der Waals surface area (Å²) in [5.74, 6) is 0.533. The first-order valence-electron chi connectivity index (χ1n) is 9.04. The second kappa shape index (κ2) is 8.58. The highest BCUT2D eigenvalue weighted by Crippen LogP contribution is 2.20. The number of hydrogen-bond acceptors (Lipinski definition) is 4. The standard InChI is InChI=1S/C23H18N2O3S/c26-22(24-18-9-12-20-21(14-18)29-23(27)25-20)13-8-16-6-10-19(11-7-16)28-15-17-4-2-1-3-5-17/h1-14H,15H2,(H,24,26)(H,25,27)/b13-8-. The van der Waals surface area contributed by atoms with Gasteiger partial charge in [0.15, 0.2) is 0 Å². The maximum Gasteiger partial charge on any atom is 0.305 e. The Morgan fingerprint density at radius 1 is 1.03 bits per heavy atom. The Balaban J connectivity index is 1.33. The Morgan fingerprint density at radius 2 is 1.83 bits per heavy atom. The van der Waals surface area contributed by atoms with Gasteiger partial charge < -0.3 is 15.0 Å². The zero-order valence-electron chi connectivity index (χ0n) is 15.4. The Morgan fingerprint density at radius 3 is 2.62 bits per heavy atom. The number of ether oxygens (including phenoxy) is 1. The van der Waals surface area contributed by atoms with Crippen molar-refractivity contribution in [3.05, 3.63) is 99.7 Å². The molecule has 0 saturated heterocycles. The van der Waals surface area contributed by atoms with Crippen LogP contribution in [0, 0.1) is 0 Å². The fraction of sp³-hybridized carbons (Fsp3) is 0.0435. The Labute approximate surface area is 171 Å². The third kappa shape index (κ3) is 5.00. The average Bonchev–Trinajstić information content (AvgIpc) is 3.11. The molecular formula is C23H18N2O3S. The molecule has 29 heavy (non-hydrogen) atoms. The van der Waals surface area contributed by atoms with Crippen LogP contribution in [-0.4, -0.2) is 10.9 Å². The van der Waals surface area contributed by atoms with Crippen molar-refractivity contribution in [1.29, 1.82) is 0 Å². The summed E-state index contributed by atoms with van der Waals surface area (Å²) in [4.78, 5) is 26.2. The molecule has 0 aliphatic heterocycles. The number of carbonyl (C=O) groups is 1. The molecule has 3 aromatic carbocycles. The fourth-order valence-electron chi connectivity index (χ4n) is 2.80. The third-order valence-corrected chi connectivity index (χ3v) is 5.09. The fourth-order valence-corrected chi connectivity index (χ4v) is 3.57. The zero-order valence-corrected chi connectivity index (χ0v) is 16.2. The van der Waals surface area contributed by atoms with Crippen molar-refractivity contribution in [1.82, 2.24) is 4.98 Å². The highest BCUT2D eigenvalue weighted by atomic mass is 32.1. The van der Waals surface area contributed by atoms with Crippen molar-refractivity contribution < 1.29 is 9.53 Å². The van der Waals surface area contributed by atoms with Crippen molar-refractivity contribution in [2.45, 2.75) is 6.61 Å². The smallest absolute Gasteiger partial charge is 0.305 e. The van der Waals surface area contributed by atoms with Crippen molar-refractivity contribution in [3.8, 4) is 5.75 Å². The number of H-pyrrole nitrogens is 1. The highest BCUT2D eigenvalue weighted by Gasteiger charge is 2.03. The van der Waals surface area contributed by atoms with Crippen LogP contribution in [0.25, 0.3) is 16.3 Å². The van der Waals surface area contributed by atoms with Crippen LogP contribution in [0.2, 0.25) is 0 Å². The lowest BCUT2D eigenvalue weighted by atomic mass is 10.2. The summed E-state index contributed by atoms with van der Waals surface area (Å²) >= 11 is 1.12. The molecule has 0 spiro atoms. The number of aromatic nitrogens is 1. The topological polar surface area (TPSA) is 71.2 Å². The molecule has 6 heteroatoms.